The Morgan fingerprint density at radius 1 is 0.344 bits per heavy atom. The molecule has 0 aromatic rings. The summed E-state index contributed by atoms with van der Waals surface area (Å²) >= 11 is 0. The van der Waals surface area contributed by atoms with Crippen LogP contribution in [0, 0.1) is 17.8 Å². The number of carbonyl (C=O) groups excluding carboxylic acids is 4. The second-order valence-corrected chi connectivity index (χ2v) is 31.2. The van der Waals surface area contributed by atoms with Gasteiger partial charge < -0.3 is 33.8 Å². The lowest BCUT2D eigenvalue weighted by atomic mass is 9.99. The Morgan fingerprint density at radius 2 is 0.615 bits per heavy atom. The van der Waals surface area contributed by atoms with Crippen LogP contribution in [0.5, 0.6) is 0 Å². The molecule has 17 nitrogen and oxygen atoms in total. The molecule has 6 atom stereocenters. The molecule has 0 aromatic heterocycles. The van der Waals surface area contributed by atoms with Crippen molar-refractivity contribution in [2.45, 2.75) is 388 Å². The van der Waals surface area contributed by atoms with E-state index in [2.05, 4.69) is 72.8 Å². The Bertz CT molecular complexity index is 1970. The summed E-state index contributed by atoms with van der Waals surface area (Å²) in [4.78, 5) is 72.8. The van der Waals surface area contributed by atoms with E-state index in [1.165, 1.54) is 161 Å². The van der Waals surface area contributed by atoms with Gasteiger partial charge in [-0.2, -0.15) is 0 Å². The fraction of sp³-hybridized carbons (Fsp3) is 0.896. The number of allylic oxidation sites excluding steroid dienone is 4. The van der Waals surface area contributed by atoms with E-state index < -0.39 is 97.5 Å². The average Bonchev–Trinajstić information content (AvgIpc) is 1.77. The maximum atomic E-state index is 13.1. The lowest BCUT2D eigenvalue weighted by Gasteiger charge is -2.21. The molecule has 0 rings (SSSR count). The quantitative estimate of drug-likeness (QED) is 0.0169. The molecule has 0 bridgehead atoms. The van der Waals surface area contributed by atoms with E-state index >= 15 is 0 Å². The van der Waals surface area contributed by atoms with Crippen LogP contribution < -0.4 is 0 Å². The number of aliphatic hydroxyl groups excluding tert-OH is 1. The molecular weight excluding hydrogens is 1260 g/mol. The molecule has 0 aromatic carbocycles. The molecule has 3 N–H and O–H groups in total. The van der Waals surface area contributed by atoms with Gasteiger partial charge in [0.1, 0.15) is 19.3 Å². The average molecular weight is 1410 g/mol. The van der Waals surface area contributed by atoms with Crippen LogP contribution in [0.15, 0.2) is 24.3 Å². The molecule has 0 amide bonds. The number of phosphoric ester groups is 2. The third-order valence-electron chi connectivity index (χ3n) is 17.6. The molecule has 96 heavy (non-hydrogen) atoms. The molecule has 19 heteroatoms. The highest BCUT2D eigenvalue weighted by atomic mass is 31.2. The Labute approximate surface area is 586 Å². The zero-order valence-corrected chi connectivity index (χ0v) is 64.1. The summed E-state index contributed by atoms with van der Waals surface area (Å²) in [6.07, 6.45) is 56.3. The van der Waals surface area contributed by atoms with Crippen molar-refractivity contribution < 1.29 is 80.2 Å². The van der Waals surface area contributed by atoms with Gasteiger partial charge in [-0.05, 0) is 69.1 Å². The minimum atomic E-state index is -4.97. The predicted molar refractivity (Wildman–Crippen MR) is 390 cm³/mol. The van der Waals surface area contributed by atoms with Crippen LogP contribution in [0.3, 0.4) is 0 Å². The van der Waals surface area contributed by atoms with Gasteiger partial charge in [-0.15, -0.1) is 0 Å². The summed E-state index contributed by atoms with van der Waals surface area (Å²) < 4.78 is 68.5. The van der Waals surface area contributed by atoms with E-state index in [1.807, 2.05) is 0 Å². The van der Waals surface area contributed by atoms with E-state index in [9.17, 15) is 43.2 Å². The highest BCUT2D eigenvalue weighted by Gasteiger charge is 2.30. The second kappa shape index (κ2) is 67.1. The van der Waals surface area contributed by atoms with Crippen molar-refractivity contribution >= 4 is 39.5 Å². The largest absolute Gasteiger partial charge is 0.472 e. The normalized spacial score (nSPS) is 14.5. The Morgan fingerprint density at radius 3 is 0.927 bits per heavy atom. The van der Waals surface area contributed by atoms with Crippen LogP contribution in [-0.4, -0.2) is 96.7 Å². The number of hydrogen-bond donors (Lipinski definition) is 3. The second-order valence-electron chi connectivity index (χ2n) is 28.3. The Balaban J connectivity index is 5.29. The molecule has 0 radical (unpaired) electrons. The van der Waals surface area contributed by atoms with E-state index in [-0.39, 0.29) is 25.7 Å². The summed E-state index contributed by atoms with van der Waals surface area (Å²) in [6, 6.07) is 0. The first kappa shape index (κ1) is 93.5. The number of rotatable bonds is 73. The molecule has 566 valence electrons. The number of hydrogen-bond acceptors (Lipinski definition) is 15. The molecular formula is C77H146O17P2. The Kier molecular flexibility index (Phi) is 65.3. The Hall–Kier alpha value is -2.46. The third kappa shape index (κ3) is 68.7. The van der Waals surface area contributed by atoms with Crippen molar-refractivity contribution in [3.05, 3.63) is 24.3 Å². The summed E-state index contributed by atoms with van der Waals surface area (Å²) in [5.41, 5.74) is 0. The van der Waals surface area contributed by atoms with Crippen LogP contribution >= 0.6 is 15.6 Å². The molecule has 0 spiro atoms. The molecule has 0 aliphatic carbocycles. The molecule has 0 saturated carbocycles. The fourth-order valence-corrected chi connectivity index (χ4v) is 12.8. The molecule has 0 aliphatic heterocycles. The van der Waals surface area contributed by atoms with Crippen molar-refractivity contribution in [2.24, 2.45) is 17.8 Å². The first-order valence-corrected chi connectivity index (χ1v) is 42.2. The van der Waals surface area contributed by atoms with Gasteiger partial charge in [0.15, 0.2) is 12.2 Å². The standard InChI is InChI=1S/C77H146O17P2/c1-8-10-11-12-13-14-15-16-17-22-25-31-38-46-53-60-76(81)93-72(64-87-74(79)58-51-44-37-30-24-21-19-18-20-23-28-34-41-48-55-68(3)4)66-91-95(83,84)89-62-71(78)63-90-96(85,86)92-67-73(65-88-75(80)59-52-45-40-33-35-42-49-56-69(5)6)94-77(82)61-54-47-39-32-27-26-29-36-43-50-57-70(7)9-2/h14-17,68-73,78H,8-13,18-67H2,1-7H3,(H,83,84)(H,85,86)/b15-14-,17-16-/t70?,71?,72-,73-/m1/s1. The number of carbonyl (C=O) groups is 4. The van der Waals surface area contributed by atoms with E-state index in [0.29, 0.717) is 31.6 Å². The zero-order chi connectivity index (χ0) is 70.9. The number of unbranched alkanes of at least 4 members (excludes halogenated alkanes) is 37. The van der Waals surface area contributed by atoms with Crippen molar-refractivity contribution in [3.63, 3.8) is 0 Å². The molecule has 4 unspecified atom stereocenters. The number of phosphoric acid groups is 2. The zero-order valence-electron chi connectivity index (χ0n) is 62.3. The number of aliphatic hydroxyl groups is 1. The minimum absolute atomic E-state index is 0.0849. The molecule has 0 aliphatic rings. The van der Waals surface area contributed by atoms with Crippen LogP contribution in [0.4, 0.5) is 0 Å². The first-order valence-electron chi connectivity index (χ1n) is 39.2. The van der Waals surface area contributed by atoms with E-state index in [1.54, 1.807) is 0 Å². The van der Waals surface area contributed by atoms with Crippen molar-refractivity contribution in [1.29, 1.82) is 0 Å². The summed E-state index contributed by atoms with van der Waals surface area (Å²) in [7, 11) is -9.93. The third-order valence-corrected chi connectivity index (χ3v) is 19.5. The topological polar surface area (TPSA) is 237 Å². The monoisotopic (exact) mass is 1410 g/mol. The van der Waals surface area contributed by atoms with E-state index in [0.717, 1.165) is 121 Å². The predicted octanol–water partition coefficient (Wildman–Crippen LogP) is 22.1. The lowest BCUT2D eigenvalue weighted by molar-refractivity contribution is -0.161. The van der Waals surface area contributed by atoms with Crippen LogP contribution in [0.1, 0.15) is 370 Å². The van der Waals surface area contributed by atoms with Crippen LogP contribution in [0.2, 0.25) is 0 Å². The SMILES string of the molecule is CCCCCC/C=C\C=C/CCCCCCCC(=O)O[C@H](COC(=O)CCCCCCCCCCCCCCCCC(C)C)COP(=O)(O)OCC(O)COP(=O)(O)OC[C@@H](COC(=O)CCCCCCCCCC(C)C)OC(=O)CCCCCCCCCCCCC(C)CC. The summed E-state index contributed by atoms with van der Waals surface area (Å²) in [5.74, 6) is 0.154. The van der Waals surface area contributed by atoms with Gasteiger partial charge in [-0.25, -0.2) is 9.13 Å². The van der Waals surface area contributed by atoms with Crippen LogP contribution in [0.25, 0.3) is 0 Å². The summed E-state index contributed by atoms with van der Waals surface area (Å²) in [5, 5.41) is 10.6. The van der Waals surface area contributed by atoms with Gasteiger partial charge in [0.25, 0.3) is 0 Å². The first-order chi connectivity index (χ1) is 46.3. The van der Waals surface area contributed by atoms with Gasteiger partial charge in [-0.3, -0.25) is 37.3 Å². The van der Waals surface area contributed by atoms with Gasteiger partial charge in [-0.1, -0.05) is 317 Å². The number of esters is 4. The maximum Gasteiger partial charge on any atom is 0.472 e. The fourth-order valence-electron chi connectivity index (χ4n) is 11.2. The van der Waals surface area contributed by atoms with Crippen LogP contribution in [-0.2, 0) is 65.4 Å². The minimum Gasteiger partial charge on any atom is -0.462 e. The lowest BCUT2D eigenvalue weighted by Crippen LogP contribution is -2.30. The maximum absolute atomic E-state index is 13.1. The van der Waals surface area contributed by atoms with Crippen molar-refractivity contribution in [1.82, 2.24) is 0 Å². The highest BCUT2D eigenvalue weighted by molar-refractivity contribution is 7.47. The van der Waals surface area contributed by atoms with Gasteiger partial charge >= 0.3 is 39.5 Å². The molecule has 0 saturated heterocycles. The van der Waals surface area contributed by atoms with Gasteiger partial charge in [0, 0.05) is 25.7 Å². The number of ether oxygens (including phenoxy) is 4. The van der Waals surface area contributed by atoms with E-state index in [4.69, 9.17) is 37.0 Å². The van der Waals surface area contributed by atoms with Crippen molar-refractivity contribution in [3.8, 4) is 0 Å². The summed E-state index contributed by atoms with van der Waals surface area (Å²) in [6.45, 7) is 11.8. The molecule has 0 fully saturated rings. The highest BCUT2D eigenvalue weighted by Crippen LogP contribution is 2.45. The van der Waals surface area contributed by atoms with Crippen molar-refractivity contribution in [2.75, 3.05) is 39.6 Å². The smallest absolute Gasteiger partial charge is 0.462 e. The molecule has 0 heterocycles. The van der Waals surface area contributed by atoms with Gasteiger partial charge in [0.05, 0.1) is 26.4 Å². The van der Waals surface area contributed by atoms with Gasteiger partial charge in [0.2, 0.25) is 0 Å².